The highest BCUT2D eigenvalue weighted by Gasteiger charge is 2.48. The van der Waals surface area contributed by atoms with E-state index in [-0.39, 0.29) is 43.6 Å². The standard InChI is InChI=1S/C21H23N3O6/c22-18(25)12-27-17-11-29-19-16(10-28-20(17)19)24-21(26)23-13-6-8-15(9-7-13)30-14-4-2-1-3-5-14/h1-9,16-17,19-20H,10-12H2,(H2,22,25)(H2,23,24,26)/t16-,17+,19+,20+/m0/s1. The molecule has 2 aliphatic heterocycles. The zero-order chi connectivity index (χ0) is 20.9. The quantitative estimate of drug-likeness (QED) is 0.635. The van der Waals surface area contributed by atoms with E-state index in [9.17, 15) is 9.59 Å². The summed E-state index contributed by atoms with van der Waals surface area (Å²) < 4.78 is 22.5. The lowest BCUT2D eigenvalue weighted by Crippen LogP contribution is -2.46. The van der Waals surface area contributed by atoms with Gasteiger partial charge < -0.3 is 35.3 Å². The molecule has 4 rings (SSSR count). The number of nitrogens with two attached hydrogens (primary N) is 1. The Morgan fingerprint density at radius 2 is 1.67 bits per heavy atom. The van der Waals surface area contributed by atoms with Gasteiger partial charge >= 0.3 is 6.03 Å². The Morgan fingerprint density at radius 3 is 2.40 bits per heavy atom. The van der Waals surface area contributed by atoms with E-state index in [1.165, 1.54) is 0 Å². The Bertz CT molecular complexity index is 876. The van der Waals surface area contributed by atoms with E-state index in [4.69, 9.17) is 24.7 Å². The molecule has 158 valence electrons. The van der Waals surface area contributed by atoms with Crippen LogP contribution in [0.5, 0.6) is 11.5 Å². The van der Waals surface area contributed by atoms with Gasteiger partial charge in [0.1, 0.15) is 36.4 Å². The molecular weight excluding hydrogens is 390 g/mol. The number of rotatable bonds is 7. The summed E-state index contributed by atoms with van der Waals surface area (Å²) >= 11 is 0. The molecule has 2 saturated heterocycles. The van der Waals surface area contributed by atoms with Crippen molar-refractivity contribution in [3.63, 3.8) is 0 Å². The number of hydrogen-bond acceptors (Lipinski definition) is 6. The minimum atomic E-state index is -0.550. The maximum absolute atomic E-state index is 12.4. The van der Waals surface area contributed by atoms with Crippen molar-refractivity contribution in [3.05, 3.63) is 54.6 Å². The number of ether oxygens (including phenoxy) is 4. The second-order valence-corrected chi connectivity index (χ2v) is 7.06. The molecule has 9 heteroatoms. The van der Waals surface area contributed by atoms with Gasteiger partial charge in [0, 0.05) is 5.69 Å². The predicted octanol–water partition coefficient (Wildman–Crippen LogP) is 1.64. The van der Waals surface area contributed by atoms with Crippen LogP contribution in [0.4, 0.5) is 10.5 Å². The number of fused-ring (bicyclic) bond motifs is 1. The van der Waals surface area contributed by atoms with Gasteiger partial charge in [-0.2, -0.15) is 0 Å². The molecule has 0 bridgehead atoms. The number of urea groups is 1. The van der Waals surface area contributed by atoms with Gasteiger partial charge in [0.05, 0.1) is 19.3 Å². The van der Waals surface area contributed by atoms with Crippen LogP contribution in [0.2, 0.25) is 0 Å². The zero-order valence-electron chi connectivity index (χ0n) is 16.2. The van der Waals surface area contributed by atoms with Crippen LogP contribution >= 0.6 is 0 Å². The molecule has 30 heavy (non-hydrogen) atoms. The largest absolute Gasteiger partial charge is 0.457 e. The highest BCUT2D eigenvalue weighted by Crippen LogP contribution is 2.29. The number of anilines is 1. The maximum Gasteiger partial charge on any atom is 0.319 e. The van der Waals surface area contributed by atoms with Crippen LogP contribution in [0.1, 0.15) is 0 Å². The fourth-order valence-corrected chi connectivity index (χ4v) is 3.49. The summed E-state index contributed by atoms with van der Waals surface area (Å²) in [6.07, 6.45) is -1.06. The summed E-state index contributed by atoms with van der Waals surface area (Å²) in [7, 11) is 0. The molecule has 0 unspecified atom stereocenters. The van der Waals surface area contributed by atoms with Gasteiger partial charge in [-0.15, -0.1) is 0 Å². The molecule has 4 N–H and O–H groups in total. The molecule has 2 heterocycles. The Kier molecular flexibility index (Phi) is 6.12. The van der Waals surface area contributed by atoms with Crippen LogP contribution in [0.3, 0.4) is 0 Å². The Balaban J connectivity index is 1.26. The van der Waals surface area contributed by atoms with E-state index < -0.39 is 5.91 Å². The Morgan fingerprint density at radius 1 is 0.967 bits per heavy atom. The fraction of sp³-hybridized carbons (Fsp3) is 0.333. The average molecular weight is 413 g/mol. The molecule has 3 amide bonds. The molecular formula is C21H23N3O6. The molecule has 2 fully saturated rings. The smallest absolute Gasteiger partial charge is 0.319 e. The molecule has 2 aliphatic rings. The van der Waals surface area contributed by atoms with Crippen molar-refractivity contribution in [2.45, 2.75) is 24.4 Å². The number of hydrogen-bond donors (Lipinski definition) is 3. The van der Waals surface area contributed by atoms with Gasteiger partial charge in [-0.25, -0.2) is 4.79 Å². The first-order chi connectivity index (χ1) is 14.6. The lowest BCUT2D eigenvalue weighted by molar-refractivity contribution is -0.126. The van der Waals surface area contributed by atoms with E-state index in [2.05, 4.69) is 10.6 Å². The summed E-state index contributed by atoms with van der Waals surface area (Å²) in [6, 6.07) is 15.8. The predicted molar refractivity (Wildman–Crippen MR) is 107 cm³/mol. The van der Waals surface area contributed by atoms with Crippen LogP contribution in [-0.2, 0) is 19.0 Å². The summed E-state index contributed by atoms with van der Waals surface area (Å²) in [4.78, 5) is 23.3. The molecule has 4 atom stereocenters. The van der Waals surface area contributed by atoms with E-state index in [1.54, 1.807) is 24.3 Å². The molecule has 0 radical (unpaired) electrons. The number of nitrogens with one attached hydrogen (secondary N) is 2. The Labute approximate surface area is 173 Å². The highest BCUT2D eigenvalue weighted by molar-refractivity contribution is 5.89. The van der Waals surface area contributed by atoms with E-state index in [1.807, 2.05) is 30.3 Å². The normalized spacial score (nSPS) is 24.8. The van der Waals surface area contributed by atoms with Crippen molar-refractivity contribution in [1.29, 1.82) is 0 Å². The van der Waals surface area contributed by atoms with E-state index in [0.717, 1.165) is 5.75 Å². The maximum atomic E-state index is 12.4. The number of amides is 3. The number of primary amides is 1. The van der Waals surface area contributed by atoms with E-state index >= 15 is 0 Å². The highest BCUT2D eigenvalue weighted by atomic mass is 16.6. The van der Waals surface area contributed by atoms with Gasteiger partial charge in [-0.1, -0.05) is 18.2 Å². The first-order valence-electron chi connectivity index (χ1n) is 9.62. The second-order valence-electron chi connectivity index (χ2n) is 7.06. The van der Waals surface area contributed by atoms with Crippen molar-refractivity contribution < 1.29 is 28.5 Å². The van der Waals surface area contributed by atoms with Gasteiger partial charge in [0.2, 0.25) is 5.91 Å². The lowest BCUT2D eigenvalue weighted by atomic mass is 10.1. The molecule has 9 nitrogen and oxygen atoms in total. The van der Waals surface area contributed by atoms with Crippen molar-refractivity contribution in [1.82, 2.24) is 5.32 Å². The third kappa shape index (κ3) is 4.88. The van der Waals surface area contributed by atoms with Crippen LogP contribution in [0, 0.1) is 0 Å². The molecule has 0 aromatic heterocycles. The van der Waals surface area contributed by atoms with Crippen LogP contribution in [0.15, 0.2) is 54.6 Å². The number of para-hydroxylation sites is 1. The third-order valence-electron chi connectivity index (χ3n) is 4.86. The summed E-state index contributed by atoms with van der Waals surface area (Å²) in [5, 5.41) is 5.64. The van der Waals surface area contributed by atoms with Crippen LogP contribution in [0.25, 0.3) is 0 Å². The number of carbonyl (C=O) groups is 2. The number of benzene rings is 2. The van der Waals surface area contributed by atoms with Crippen molar-refractivity contribution in [3.8, 4) is 11.5 Å². The average Bonchev–Trinajstić information content (AvgIpc) is 3.32. The minimum absolute atomic E-state index is 0.191. The SMILES string of the molecule is NC(=O)CO[C@@H]1CO[C@H]2[C@@H]1OC[C@@H]2NC(=O)Nc1ccc(Oc2ccccc2)cc1. The van der Waals surface area contributed by atoms with Gasteiger partial charge in [0.25, 0.3) is 0 Å². The monoisotopic (exact) mass is 413 g/mol. The first-order valence-corrected chi connectivity index (χ1v) is 9.62. The fourth-order valence-electron chi connectivity index (χ4n) is 3.49. The third-order valence-corrected chi connectivity index (χ3v) is 4.86. The molecule has 0 aliphatic carbocycles. The summed E-state index contributed by atoms with van der Waals surface area (Å²) in [5.74, 6) is 0.854. The minimum Gasteiger partial charge on any atom is -0.457 e. The lowest BCUT2D eigenvalue weighted by Gasteiger charge is -2.18. The van der Waals surface area contributed by atoms with Gasteiger partial charge in [-0.05, 0) is 36.4 Å². The summed E-state index contributed by atoms with van der Waals surface area (Å²) in [6.45, 7) is 0.386. The molecule has 0 saturated carbocycles. The number of carbonyl (C=O) groups excluding carboxylic acids is 2. The zero-order valence-corrected chi connectivity index (χ0v) is 16.2. The van der Waals surface area contributed by atoms with Crippen molar-refractivity contribution in [2.75, 3.05) is 25.1 Å². The molecule has 0 spiro atoms. The summed E-state index contributed by atoms with van der Waals surface area (Å²) in [5.41, 5.74) is 5.73. The van der Waals surface area contributed by atoms with Crippen molar-refractivity contribution in [2.24, 2.45) is 5.73 Å². The first kappa shape index (κ1) is 20.1. The topological polar surface area (TPSA) is 121 Å². The second kappa shape index (κ2) is 9.12. The molecule has 2 aromatic rings. The van der Waals surface area contributed by atoms with Gasteiger partial charge in [-0.3, -0.25) is 4.79 Å². The van der Waals surface area contributed by atoms with Crippen LogP contribution < -0.4 is 21.1 Å². The van der Waals surface area contributed by atoms with Crippen LogP contribution in [-0.4, -0.2) is 56.1 Å². The van der Waals surface area contributed by atoms with Crippen molar-refractivity contribution >= 4 is 17.6 Å². The Hall–Kier alpha value is -3.14. The molecule has 2 aromatic carbocycles. The van der Waals surface area contributed by atoms with E-state index in [0.29, 0.717) is 18.0 Å². The van der Waals surface area contributed by atoms with Gasteiger partial charge in [0.15, 0.2) is 0 Å².